The van der Waals surface area contributed by atoms with Gasteiger partial charge in [0.2, 0.25) is 0 Å². The lowest BCUT2D eigenvalue weighted by Gasteiger charge is -1.83. The third kappa shape index (κ3) is 0.845. The summed E-state index contributed by atoms with van der Waals surface area (Å²) in [7, 11) is 0. The van der Waals surface area contributed by atoms with E-state index in [0.29, 0.717) is 28.6 Å². The van der Waals surface area contributed by atoms with Crippen LogP contribution in [0.1, 0.15) is 16.1 Å². The molecule has 0 bridgehead atoms. The number of halogens is 1. The smallest absolute Gasteiger partial charge is 0.166 e. The monoisotopic (exact) mass is 167 g/mol. The maximum Gasteiger partial charge on any atom is 0.166 e. The Hall–Kier alpha value is -1.58. The number of alkyl halides is 1. The van der Waals surface area contributed by atoms with Crippen molar-refractivity contribution in [2.24, 2.45) is 0 Å². The Bertz CT molecular complexity index is 416. The summed E-state index contributed by atoms with van der Waals surface area (Å²) in [4.78, 5) is 13.1. The second-order valence-electron chi connectivity index (χ2n) is 2.48. The molecule has 0 aliphatic rings. The summed E-state index contributed by atoms with van der Waals surface area (Å²) in [5.41, 5.74) is 1.93. The van der Waals surface area contributed by atoms with Crippen LogP contribution in [0.4, 0.5) is 4.39 Å². The summed E-state index contributed by atoms with van der Waals surface area (Å²) in [6.45, 7) is -0.591. The zero-order valence-corrected chi connectivity index (χ0v) is 6.13. The normalized spacial score (nSPS) is 10.8. The van der Waals surface area contributed by atoms with Gasteiger partial charge in [0, 0.05) is 11.6 Å². The van der Waals surface area contributed by atoms with E-state index < -0.39 is 6.67 Å². The first-order chi connectivity index (χ1) is 5.85. The van der Waals surface area contributed by atoms with Crippen molar-refractivity contribution < 1.29 is 13.6 Å². The minimum absolute atomic E-state index is 0.402. The third-order valence-corrected chi connectivity index (χ3v) is 1.72. The van der Waals surface area contributed by atoms with Gasteiger partial charge in [-0.25, -0.2) is 4.39 Å². The molecule has 0 fully saturated rings. The highest BCUT2D eigenvalue weighted by molar-refractivity contribution is 5.86. The van der Waals surface area contributed by atoms with Crippen molar-refractivity contribution in [2.75, 3.05) is 0 Å². The summed E-state index contributed by atoms with van der Waals surface area (Å²) >= 11 is 0. The number of nitrogens with one attached hydrogen (secondary N) is 1. The molecule has 1 N–H and O–H groups in total. The van der Waals surface area contributed by atoms with Crippen LogP contribution in [0.3, 0.4) is 0 Å². The van der Waals surface area contributed by atoms with Crippen LogP contribution in [0.25, 0.3) is 11.1 Å². The molecule has 2 aromatic rings. The van der Waals surface area contributed by atoms with E-state index in [2.05, 4.69) is 4.98 Å². The first kappa shape index (κ1) is 7.09. The lowest BCUT2D eigenvalue weighted by atomic mass is 10.3. The van der Waals surface area contributed by atoms with Gasteiger partial charge in [-0.3, -0.25) is 4.79 Å². The molecule has 0 spiro atoms. The van der Waals surface area contributed by atoms with Gasteiger partial charge in [-0.2, -0.15) is 0 Å². The predicted octanol–water partition coefficient (Wildman–Crippen LogP) is 2.04. The van der Waals surface area contributed by atoms with Gasteiger partial charge in [0.15, 0.2) is 11.9 Å². The number of rotatable bonds is 2. The van der Waals surface area contributed by atoms with Crippen molar-refractivity contribution >= 4 is 17.4 Å². The molecule has 3 nitrogen and oxygen atoms in total. The number of carbonyl (C=O) groups excluding carboxylic acids is 1. The highest BCUT2D eigenvalue weighted by Crippen LogP contribution is 2.21. The molecule has 62 valence electrons. The minimum atomic E-state index is -0.591. The SMILES string of the molecule is O=Cc1cc2occ(CF)c2[nH]1. The zero-order chi connectivity index (χ0) is 8.55. The van der Waals surface area contributed by atoms with Crippen molar-refractivity contribution in [3.8, 4) is 0 Å². The number of H-pyrrole nitrogens is 1. The van der Waals surface area contributed by atoms with Gasteiger partial charge >= 0.3 is 0 Å². The summed E-state index contributed by atoms with van der Waals surface area (Å²) < 4.78 is 17.2. The highest BCUT2D eigenvalue weighted by Gasteiger charge is 2.08. The molecule has 0 aromatic carbocycles. The van der Waals surface area contributed by atoms with E-state index >= 15 is 0 Å². The minimum Gasteiger partial charge on any atom is -0.462 e. The van der Waals surface area contributed by atoms with Crippen molar-refractivity contribution in [3.05, 3.63) is 23.6 Å². The molecular weight excluding hydrogens is 161 g/mol. The number of aldehydes is 1. The molecule has 0 saturated carbocycles. The molecule has 4 heteroatoms. The van der Waals surface area contributed by atoms with Crippen LogP contribution in [0.5, 0.6) is 0 Å². The third-order valence-electron chi connectivity index (χ3n) is 1.72. The molecule has 0 radical (unpaired) electrons. The Morgan fingerprint density at radius 3 is 3.17 bits per heavy atom. The summed E-state index contributed by atoms with van der Waals surface area (Å²) in [5.74, 6) is 0. The molecule has 0 saturated heterocycles. The Kier molecular flexibility index (Phi) is 1.46. The maximum atomic E-state index is 12.2. The molecule has 2 aromatic heterocycles. The molecular formula is C8H6FNO2. The fourth-order valence-corrected chi connectivity index (χ4v) is 1.14. The van der Waals surface area contributed by atoms with E-state index in [1.54, 1.807) is 6.07 Å². The van der Waals surface area contributed by atoms with Gasteiger partial charge in [-0.05, 0) is 0 Å². The van der Waals surface area contributed by atoms with Crippen LogP contribution < -0.4 is 0 Å². The Morgan fingerprint density at radius 1 is 1.67 bits per heavy atom. The number of hydrogen-bond donors (Lipinski definition) is 1. The molecule has 2 rings (SSSR count). The molecule has 0 aliphatic heterocycles. The second-order valence-corrected chi connectivity index (χ2v) is 2.48. The highest BCUT2D eigenvalue weighted by atomic mass is 19.1. The first-order valence-corrected chi connectivity index (χ1v) is 3.45. The quantitative estimate of drug-likeness (QED) is 0.695. The van der Waals surface area contributed by atoms with E-state index in [9.17, 15) is 9.18 Å². The maximum absolute atomic E-state index is 12.2. The van der Waals surface area contributed by atoms with Crippen LogP contribution in [0.15, 0.2) is 16.7 Å². The first-order valence-electron chi connectivity index (χ1n) is 3.45. The topological polar surface area (TPSA) is 46.0 Å². The molecule has 0 amide bonds. The van der Waals surface area contributed by atoms with Crippen molar-refractivity contribution in [3.63, 3.8) is 0 Å². The van der Waals surface area contributed by atoms with Gasteiger partial charge in [-0.15, -0.1) is 0 Å². The van der Waals surface area contributed by atoms with Crippen LogP contribution in [-0.4, -0.2) is 11.3 Å². The molecule has 0 unspecified atom stereocenters. The van der Waals surface area contributed by atoms with E-state index in [0.717, 1.165) is 0 Å². The predicted molar refractivity (Wildman–Crippen MR) is 40.8 cm³/mol. The van der Waals surface area contributed by atoms with Gasteiger partial charge in [0.25, 0.3) is 0 Å². The largest absolute Gasteiger partial charge is 0.462 e. The van der Waals surface area contributed by atoms with Gasteiger partial charge in [-0.1, -0.05) is 0 Å². The standard InChI is InChI=1S/C8H6FNO2/c9-2-5-4-12-7-1-6(3-11)10-8(5)7/h1,3-4,10H,2H2. The Labute approximate surface area is 67.2 Å². The van der Waals surface area contributed by atoms with Crippen molar-refractivity contribution in [1.29, 1.82) is 0 Å². The number of aromatic nitrogens is 1. The van der Waals surface area contributed by atoms with Crippen molar-refractivity contribution in [2.45, 2.75) is 6.67 Å². The molecule has 2 heterocycles. The van der Waals surface area contributed by atoms with Crippen LogP contribution in [0, 0.1) is 0 Å². The average molecular weight is 167 g/mol. The van der Waals surface area contributed by atoms with E-state index in [-0.39, 0.29) is 0 Å². The van der Waals surface area contributed by atoms with Crippen LogP contribution >= 0.6 is 0 Å². The van der Waals surface area contributed by atoms with Gasteiger partial charge in [0.1, 0.15) is 6.67 Å². The molecule has 12 heavy (non-hydrogen) atoms. The van der Waals surface area contributed by atoms with Gasteiger partial charge < -0.3 is 9.40 Å². The van der Waals surface area contributed by atoms with E-state index in [1.165, 1.54) is 6.26 Å². The summed E-state index contributed by atoms with van der Waals surface area (Å²) in [6.07, 6.45) is 2.01. The fourth-order valence-electron chi connectivity index (χ4n) is 1.14. The summed E-state index contributed by atoms with van der Waals surface area (Å²) in [6, 6.07) is 1.54. The number of carbonyl (C=O) groups is 1. The average Bonchev–Trinajstić information content (AvgIpc) is 2.61. The number of furan rings is 1. The lowest BCUT2D eigenvalue weighted by molar-refractivity contribution is 0.111. The Morgan fingerprint density at radius 2 is 2.50 bits per heavy atom. The van der Waals surface area contributed by atoms with E-state index in [4.69, 9.17) is 4.42 Å². The fraction of sp³-hybridized carbons (Fsp3) is 0.125. The number of fused-ring (bicyclic) bond motifs is 1. The zero-order valence-electron chi connectivity index (χ0n) is 6.13. The second kappa shape index (κ2) is 2.48. The molecule has 0 aliphatic carbocycles. The van der Waals surface area contributed by atoms with Crippen molar-refractivity contribution in [1.82, 2.24) is 4.98 Å². The van der Waals surface area contributed by atoms with E-state index in [1.807, 2.05) is 0 Å². The summed E-state index contributed by atoms with van der Waals surface area (Å²) in [5, 5.41) is 0. The van der Waals surface area contributed by atoms with Gasteiger partial charge in [0.05, 0.1) is 17.5 Å². The number of hydrogen-bond acceptors (Lipinski definition) is 2. The Balaban J connectivity index is 2.68. The van der Waals surface area contributed by atoms with Crippen LogP contribution in [0.2, 0.25) is 0 Å². The van der Waals surface area contributed by atoms with Crippen LogP contribution in [-0.2, 0) is 6.67 Å². The number of aromatic amines is 1. The molecule has 0 atom stereocenters. The lowest BCUT2D eigenvalue weighted by Crippen LogP contribution is -1.78.